The third-order valence-electron chi connectivity index (χ3n) is 3.77. The topological polar surface area (TPSA) is 52.6 Å². The number of hydrogen-bond acceptors (Lipinski definition) is 3. The third-order valence-corrected chi connectivity index (χ3v) is 3.77. The van der Waals surface area contributed by atoms with E-state index >= 15 is 0 Å². The molecule has 19 heavy (non-hydrogen) atoms. The van der Waals surface area contributed by atoms with Gasteiger partial charge in [0.1, 0.15) is 5.75 Å². The number of nitrogens with zero attached hydrogens (tertiary/aromatic N) is 1. The standard InChI is InChI=1S/C15H22N2O2/c1-17(10-7-12-5-8-16-9-6-12)15(19)13-3-2-4-14(18)11-13/h2-4,11-12,16,18H,5-10H2,1H3. The van der Waals surface area contributed by atoms with Crippen molar-refractivity contribution in [2.24, 2.45) is 5.92 Å². The number of phenols is 1. The minimum absolute atomic E-state index is 0.0233. The number of hydrogen-bond donors (Lipinski definition) is 2. The summed E-state index contributed by atoms with van der Waals surface area (Å²) in [7, 11) is 1.83. The van der Waals surface area contributed by atoms with Gasteiger partial charge in [0.2, 0.25) is 0 Å². The quantitative estimate of drug-likeness (QED) is 0.870. The maximum absolute atomic E-state index is 12.2. The molecule has 0 aliphatic carbocycles. The van der Waals surface area contributed by atoms with E-state index in [1.165, 1.54) is 18.9 Å². The highest BCUT2D eigenvalue weighted by molar-refractivity contribution is 5.94. The number of piperidine rings is 1. The number of rotatable bonds is 4. The van der Waals surface area contributed by atoms with Crippen LogP contribution < -0.4 is 5.32 Å². The average Bonchev–Trinajstić information content (AvgIpc) is 2.45. The van der Waals surface area contributed by atoms with Crippen molar-refractivity contribution in [3.63, 3.8) is 0 Å². The van der Waals surface area contributed by atoms with Crippen LogP contribution >= 0.6 is 0 Å². The largest absolute Gasteiger partial charge is 0.508 e. The van der Waals surface area contributed by atoms with Crippen molar-refractivity contribution in [2.45, 2.75) is 19.3 Å². The molecule has 0 aromatic heterocycles. The Bertz CT molecular complexity index is 428. The Kier molecular flexibility index (Phi) is 4.80. The van der Waals surface area contributed by atoms with Gasteiger partial charge >= 0.3 is 0 Å². The Morgan fingerprint density at radius 2 is 2.16 bits per heavy atom. The van der Waals surface area contributed by atoms with Gasteiger partial charge in [0.15, 0.2) is 0 Å². The molecule has 1 aliphatic heterocycles. The minimum atomic E-state index is -0.0233. The number of carbonyl (C=O) groups excluding carboxylic acids is 1. The number of phenolic OH excluding ortho intramolecular Hbond substituents is 1. The van der Waals surface area contributed by atoms with Crippen molar-refractivity contribution in [1.29, 1.82) is 0 Å². The van der Waals surface area contributed by atoms with Gasteiger partial charge in [0, 0.05) is 19.2 Å². The van der Waals surface area contributed by atoms with Gasteiger partial charge in [-0.15, -0.1) is 0 Å². The molecule has 0 atom stereocenters. The van der Waals surface area contributed by atoms with Gasteiger partial charge in [0.25, 0.3) is 5.91 Å². The lowest BCUT2D eigenvalue weighted by molar-refractivity contribution is 0.0784. The van der Waals surface area contributed by atoms with Gasteiger partial charge in [-0.25, -0.2) is 0 Å². The fourth-order valence-electron chi connectivity index (χ4n) is 2.51. The van der Waals surface area contributed by atoms with Crippen molar-refractivity contribution in [3.8, 4) is 5.75 Å². The van der Waals surface area contributed by atoms with Crippen molar-refractivity contribution < 1.29 is 9.90 Å². The first-order valence-electron chi connectivity index (χ1n) is 6.92. The summed E-state index contributed by atoms with van der Waals surface area (Å²) in [6.07, 6.45) is 3.46. The molecule has 1 amide bonds. The van der Waals surface area contributed by atoms with Crippen LogP contribution in [-0.4, -0.2) is 42.6 Å². The Morgan fingerprint density at radius 3 is 2.84 bits per heavy atom. The molecule has 1 aromatic carbocycles. The summed E-state index contributed by atoms with van der Waals surface area (Å²) in [4.78, 5) is 13.9. The molecule has 1 aliphatic rings. The number of benzene rings is 1. The second-order valence-electron chi connectivity index (χ2n) is 5.26. The monoisotopic (exact) mass is 262 g/mol. The fraction of sp³-hybridized carbons (Fsp3) is 0.533. The predicted molar refractivity (Wildman–Crippen MR) is 75.3 cm³/mol. The van der Waals surface area contributed by atoms with Crippen LogP contribution in [-0.2, 0) is 0 Å². The van der Waals surface area contributed by atoms with E-state index in [4.69, 9.17) is 0 Å². The van der Waals surface area contributed by atoms with Crippen LogP contribution in [0, 0.1) is 5.92 Å². The lowest BCUT2D eigenvalue weighted by Crippen LogP contribution is -2.32. The summed E-state index contributed by atoms with van der Waals surface area (Å²) < 4.78 is 0. The molecule has 1 heterocycles. The second kappa shape index (κ2) is 6.57. The van der Waals surface area contributed by atoms with Crippen LogP contribution in [0.2, 0.25) is 0 Å². The summed E-state index contributed by atoms with van der Waals surface area (Å²) in [5.74, 6) is 0.836. The Hall–Kier alpha value is -1.55. The molecule has 0 spiro atoms. The van der Waals surface area contributed by atoms with Crippen LogP contribution in [0.3, 0.4) is 0 Å². The Balaban J connectivity index is 1.85. The van der Waals surface area contributed by atoms with E-state index in [0.717, 1.165) is 32.0 Å². The molecule has 1 aromatic rings. The average molecular weight is 262 g/mol. The highest BCUT2D eigenvalue weighted by Gasteiger charge is 2.16. The van der Waals surface area contributed by atoms with Gasteiger partial charge in [-0.3, -0.25) is 4.79 Å². The Morgan fingerprint density at radius 1 is 1.42 bits per heavy atom. The third kappa shape index (κ3) is 3.96. The van der Waals surface area contributed by atoms with Gasteiger partial charge in [-0.1, -0.05) is 6.07 Å². The molecule has 1 saturated heterocycles. The number of nitrogens with one attached hydrogen (secondary N) is 1. The van der Waals surface area contributed by atoms with Crippen LogP contribution in [0.5, 0.6) is 5.75 Å². The van der Waals surface area contributed by atoms with Crippen LogP contribution in [0.15, 0.2) is 24.3 Å². The molecule has 4 nitrogen and oxygen atoms in total. The highest BCUT2D eigenvalue weighted by Crippen LogP contribution is 2.17. The zero-order valence-electron chi connectivity index (χ0n) is 11.4. The molecular formula is C15H22N2O2. The van der Waals surface area contributed by atoms with Gasteiger partial charge < -0.3 is 15.3 Å². The second-order valence-corrected chi connectivity index (χ2v) is 5.26. The molecule has 2 rings (SSSR count). The molecule has 0 radical (unpaired) electrons. The van der Waals surface area contributed by atoms with Crippen LogP contribution in [0.25, 0.3) is 0 Å². The molecule has 0 unspecified atom stereocenters. The smallest absolute Gasteiger partial charge is 0.253 e. The highest BCUT2D eigenvalue weighted by atomic mass is 16.3. The lowest BCUT2D eigenvalue weighted by atomic mass is 9.94. The zero-order chi connectivity index (χ0) is 13.7. The van der Waals surface area contributed by atoms with E-state index in [1.54, 1.807) is 23.1 Å². The molecule has 104 valence electrons. The summed E-state index contributed by atoms with van der Waals surface area (Å²) in [6, 6.07) is 6.53. The van der Waals surface area contributed by atoms with Crippen LogP contribution in [0.1, 0.15) is 29.6 Å². The molecule has 4 heteroatoms. The number of amides is 1. The molecule has 0 saturated carbocycles. The maximum atomic E-state index is 12.2. The number of carbonyl (C=O) groups is 1. The van der Waals surface area contributed by atoms with Crippen molar-refractivity contribution >= 4 is 5.91 Å². The molecule has 2 N–H and O–H groups in total. The van der Waals surface area contributed by atoms with Crippen molar-refractivity contribution in [1.82, 2.24) is 10.2 Å². The Labute approximate surface area is 114 Å². The van der Waals surface area contributed by atoms with Crippen molar-refractivity contribution in [2.75, 3.05) is 26.7 Å². The predicted octanol–water partition coefficient (Wildman–Crippen LogP) is 1.85. The first kappa shape index (κ1) is 13.9. The minimum Gasteiger partial charge on any atom is -0.508 e. The van der Waals surface area contributed by atoms with E-state index < -0.39 is 0 Å². The SMILES string of the molecule is CN(CCC1CCNCC1)C(=O)c1cccc(O)c1. The first-order chi connectivity index (χ1) is 9.16. The first-order valence-corrected chi connectivity index (χ1v) is 6.92. The summed E-state index contributed by atoms with van der Waals surface area (Å²) in [5, 5.41) is 12.7. The van der Waals surface area contributed by atoms with E-state index in [-0.39, 0.29) is 11.7 Å². The van der Waals surface area contributed by atoms with Crippen molar-refractivity contribution in [3.05, 3.63) is 29.8 Å². The maximum Gasteiger partial charge on any atom is 0.253 e. The molecule has 0 bridgehead atoms. The summed E-state index contributed by atoms with van der Waals surface area (Å²) in [6.45, 7) is 2.96. The van der Waals surface area contributed by atoms with E-state index in [0.29, 0.717) is 5.56 Å². The number of aromatic hydroxyl groups is 1. The van der Waals surface area contributed by atoms with E-state index in [2.05, 4.69) is 5.32 Å². The van der Waals surface area contributed by atoms with Crippen LogP contribution in [0.4, 0.5) is 0 Å². The molecule has 1 fully saturated rings. The van der Waals surface area contributed by atoms with Gasteiger partial charge in [-0.05, 0) is 56.5 Å². The van der Waals surface area contributed by atoms with Gasteiger partial charge in [0.05, 0.1) is 0 Å². The van der Waals surface area contributed by atoms with E-state index in [1.807, 2.05) is 7.05 Å². The molecular weight excluding hydrogens is 240 g/mol. The van der Waals surface area contributed by atoms with Gasteiger partial charge in [-0.2, -0.15) is 0 Å². The summed E-state index contributed by atoms with van der Waals surface area (Å²) >= 11 is 0. The lowest BCUT2D eigenvalue weighted by Gasteiger charge is -2.25. The fourth-order valence-corrected chi connectivity index (χ4v) is 2.51. The van der Waals surface area contributed by atoms with E-state index in [9.17, 15) is 9.90 Å². The normalized spacial score (nSPS) is 16.3. The zero-order valence-corrected chi connectivity index (χ0v) is 11.4. The summed E-state index contributed by atoms with van der Waals surface area (Å²) in [5.41, 5.74) is 0.549.